The third kappa shape index (κ3) is 3.26. The van der Waals surface area contributed by atoms with E-state index in [2.05, 4.69) is 46.3 Å². The molecule has 0 bridgehead atoms. The quantitative estimate of drug-likeness (QED) is 0.746. The van der Waals surface area contributed by atoms with Gasteiger partial charge >= 0.3 is 0 Å². The topological polar surface area (TPSA) is 29.5 Å². The van der Waals surface area contributed by atoms with Crippen LogP contribution in [0, 0.1) is 0 Å². The number of hydrogen-bond acceptors (Lipinski definition) is 2. The third-order valence-electron chi connectivity index (χ3n) is 3.40. The standard InChI is InChI=1S/C18H15BrO2/c19-17-7-8-18(16(10-17)11-20)21-12-13-5-6-14-3-1-2-4-15(14)9-13/h1-10,20H,11-12H2. The lowest BCUT2D eigenvalue weighted by Gasteiger charge is -2.11. The van der Waals surface area contributed by atoms with Gasteiger partial charge in [0.25, 0.3) is 0 Å². The number of halogens is 1. The van der Waals surface area contributed by atoms with Gasteiger partial charge in [-0.25, -0.2) is 0 Å². The minimum atomic E-state index is -0.0352. The number of aliphatic hydroxyl groups is 1. The molecule has 0 aromatic heterocycles. The minimum Gasteiger partial charge on any atom is -0.489 e. The summed E-state index contributed by atoms with van der Waals surface area (Å²) in [7, 11) is 0. The highest BCUT2D eigenvalue weighted by molar-refractivity contribution is 9.10. The first-order chi connectivity index (χ1) is 10.3. The Morgan fingerprint density at radius 2 is 1.71 bits per heavy atom. The van der Waals surface area contributed by atoms with Crippen molar-refractivity contribution in [1.29, 1.82) is 0 Å². The molecule has 0 saturated carbocycles. The average Bonchev–Trinajstić information content (AvgIpc) is 2.53. The maximum atomic E-state index is 9.38. The molecule has 21 heavy (non-hydrogen) atoms. The zero-order valence-electron chi connectivity index (χ0n) is 11.4. The van der Waals surface area contributed by atoms with Crippen LogP contribution in [0.25, 0.3) is 10.8 Å². The van der Waals surface area contributed by atoms with E-state index in [0.29, 0.717) is 12.4 Å². The van der Waals surface area contributed by atoms with E-state index in [4.69, 9.17) is 4.74 Å². The highest BCUT2D eigenvalue weighted by atomic mass is 79.9. The summed E-state index contributed by atoms with van der Waals surface area (Å²) >= 11 is 3.39. The third-order valence-corrected chi connectivity index (χ3v) is 3.89. The van der Waals surface area contributed by atoms with Gasteiger partial charge in [-0.1, -0.05) is 52.3 Å². The van der Waals surface area contributed by atoms with Crippen LogP contribution in [-0.2, 0) is 13.2 Å². The van der Waals surface area contributed by atoms with Crippen molar-refractivity contribution in [1.82, 2.24) is 0 Å². The molecule has 2 nitrogen and oxygen atoms in total. The molecule has 0 amide bonds. The van der Waals surface area contributed by atoms with Crippen LogP contribution in [-0.4, -0.2) is 5.11 Å². The van der Waals surface area contributed by atoms with Crippen LogP contribution < -0.4 is 4.74 Å². The summed E-state index contributed by atoms with van der Waals surface area (Å²) in [6, 6.07) is 20.2. The normalized spacial score (nSPS) is 10.8. The van der Waals surface area contributed by atoms with E-state index in [-0.39, 0.29) is 6.61 Å². The summed E-state index contributed by atoms with van der Waals surface area (Å²) in [6.45, 7) is 0.450. The lowest BCUT2D eigenvalue weighted by molar-refractivity contribution is 0.259. The van der Waals surface area contributed by atoms with Gasteiger partial charge in [-0.3, -0.25) is 0 Å². The molecule has 0 unspecified atom stereocenters. The van der Waals surface area contributed by atoms with Crippen molar-refractivity contribution in [2.45, 2.75) is 13.2 Å². The second-order valence-electron chi connectivity index (χ2n) is 4.88. The number of rotatable bonds is 4. The molecule has 0 spiro atoms. The fourth-order valence-electron chi connectivity index (χ4n) is 2.30. The van der Waals surface area contributed by atoms with Crippen molar-refractivity contribution in [2.24, 2.45) is 0 Å². The second-order valence-corrected chi connectivity index (χ2v) is 5.80. The largest absolute Gasteiger partial charge is 0.489 e. The van der Waals surface area contributed by atoms with Crippen LogP contribution in [0.5, 0.6) is 5.75 Å². The second kappa shape index (κ2) is 6.29. The predicted molar refractivity (Wildman–Crippen MR) is 88.3 cm³/mol. The molecular weight excluding hydrogens is 328 g/mol. The van der Waals surface area contributed by atoms with Crippen molar-refractivity contribution in [3.8, 4) is 5.75 Å². The van der Waals surface area contributed by atoms with Crippen molar-refractivity contribution < 1.29 is 9.84 Å². The van der Waals surface area contributed by atoms with Gasteiger partial charge < -0.3 is 9.84 Å². The molecular formula is C18H15BrO2. The lowest BCUT2D eigenvalue weighted by atomic mass is 10.1. The van der Waals surface area contributed by atoms with Gasteiger partial charge in [0.2, 0.25) is 0 Å². The van der Waals surface area contributed by atoms with E-state index in [9.17, 15) is 5.11 Å². The minimum absolute atomic E-state index is 0.0352. The smallest absolute Gasteiger partial charge is 0.125 e. The van der Waals surface area contributed by atoms with Crippen LogP contribution in [0.15, 0.2) is 65.1 Å². The number of hydrogen-bond donors (Lipinski definition) is 1. The zero-order chi connectivity index (χ0) is 14.7. The predicted octanol–water partition coefficient (Wildman–Crippen LogP) is 4.67. The van der Waals surface area contributed by atoms with Crippen molar-refractivity contribution in [3.05, 3.63) is 76.3 Å². The van der Waals surface area contributed by atoms with Crippen LogP contribution in [0.4, 0.5) is 0 Å². The summed E-state index contributed by atoms with van der Waals surface area (Å²) in [5, 5.41) is 11.8. The molecule has 106 valence electrons. The van der Waals surface area contributed by atoms with Gasteiger partial charge in [0, 0.05) is 10.0 Å². The Hall–Kier alpha value is -1.84. The monoisotopic (exact) mass is 342 g/mol. The van der Waals surface area contributed by atoms with E-state index in [1.54, 1.807) is 0 Å². The maximum Gasteiger partial charge on any atom is 0.125 e. The molecule has 0 radical (unpaired) electrons. The van der Waals surface area contributed by atoms with Gasteiger partial charge in [0.1, 0.15) is 12.4 Å². The van der Waals surface area contributed by atoms with E-state index in [1.165, 1.54) is 10.8 Å². The van der Waals surface area contributed by atoms with Gasteiger partial charge in [-0.2, -0.15) is 0 Å². The van der Waals surface area contributed by atoms with Gasteiger partial charge in [-0.15, -0.1) is 0 Å². The molecule has 3 heteroatoms. The molecule has 0 aliphatic rings. The molecule has 3 aromatic carbocycles. The van der Waals surface area contributed by atoms with Gasteiger partial charge in [0.15, 0.2) is 0 Å². The maximum absolute atomic E-state index is 9.38. The Bertz CT molecular complexity index is 768. The summed E-state index contributed by atoms with van der Waals surface area (Å²) in [4.78, 5) is 0. The molecule has 3 rings (SSSR count). The summed E-state index contributed by atoms with van der Waals surface area (Å²) in [5.41, 5.74) is 1.89. The fourth-order valence-corrected chi connectivity index (χ4v) is 2.71. The first-order valence-electron chi connectivity index (χ1n) is 6.76. The van der Waals surface area contributed by atoms with Gasteiger partial charge in [-0.05, 0) is 40.6 Å². The Labute approximate surface area is 132 Å². The van der Waals surface area contributed by atoms with E-state index < -0.39 is 0 Å². The first kappa shape index (κ1) is 14.1. The molecule has 0 aliphatic carbocycles. The fraction of sp³-hybridized carbons (Fsp3) is 0.111. The average molecular weight is 343 g/mol. The molecule has 0 heterocycles. The van der Waals surface area contributed by atoms with Crippen LogP contribution in [0.1, 0.15) is 11.1 Å². The SMILES string of the molecule is OCc1cc(Br)ccc1OCc1ccc2ccccc2c1. The van der Waals surface area contributed by atoms with E-state index >= 15 is 0 Å². The molecule has 3 aromatic rings. The molecule has 0 saturated heterocycles. The molecule has 0 fully saturated rings. The summed E-state index contributed by atoms with van der Waals surface area (Å²) < 4.78 is 6.77. The molecule has 0 atom stereocenters. The number of aliphatic hydroxyl groups excluding tert-OH is 1. The molecule has 0 aliphatic heterocycles. The van der Waals surface area contributed by atoms with Crippen LogP contribution in [0.2, 0.25) is 0 Å². The number of fused-ring (bicyclic) bond motifs is 1. The molecule has 1 N–H and O–H groups in total. The Balaban J connectivity index is 1.80. The highest BCUT2D eigenvalue weighted by Crippen LogP contribution is 2.24. The van der Waals surface area contributed by atoms with Crippen molar-refractivity contribution in [2.75, 3.05) is 0 Å². The van der Waals surface area contributed by atoms with Crippen LogP contribution >= 0.6 is 15.9 Å². The Morgan fingerprint density at radius 3 is 2.52 bits per heavy atom. The van der Waals surface area contributed by atoms with Crippen molar-refractivity contribution in [3.63, 3.8) is 0 Å². The van der Waals surface area contributed by atoms with Crippen molar-refractivity contribution >= 4 is 26.7 Å². The Morgan fingerprint density at radius 1 is 0.905 bits per heavy atom. The number of ether oxygens (including phenoxy) is 1. The lowest BCUT2D eigenvalue weighted by Crippen LogP contribution is -1.98. The highest BCUT2D eigenvalue weighted by Gasteiger charge is 2.04. The summed E-state index contributed by atoms with van der Waals surface area (Å²) in [6.07, 6.45) is 0. The Kier molecular flexibility index (Phi) is 4.23. The van der Waals surface area contributed by atoms with E-state index in [1.807, 2.05) is 30.3 Å². The number of benzene rings is 3. The van der Waals surface area contributed by atoms with Gasteiger partial charge in [0.05, 0.1) is 6.61 Å². The van der Waals surface area contributed by atoms with Crippen LogP contribution in [0.3, 0.4) is 0 Å². The zero-order valence-corrected chi connectivity index (χ0v) is 13.0. The summed E-state index contributed by atoms with van der Waals surface area (Å²) in [5.74, 6) is 0.717. The van der Waals surface area contributed by atoms with E-state index in [0.717, 1.165) is 15.6 Å². The first-order valence-corrected chi connectivity index (χ1v) is 7.55.